The van der Waals surface area contributed by atoms with Crippen LogP contribution in [0, 0.1) is 0 Å². The second kappa shape index (κ2) is 10.5. The normalized spacial score (nSPS) is 16.3. The van der Waals surface area contributed by atoms with Crippen LogP contribution >= 0.6 is 0 Å². The highest BCUT2D eigenvalue weighted by Crippen LogP contribution is 2.36. The molecule has 2 aliphatic rings. The molecule has 1 unspecified atom stereocenters. The Morgan fingerprint density at radius 3 is 2.92 bits per heavy atom. The number of aromatic nitrogens is 4. The van der Waals surface area contributed by atoms with E-state index < -0.39 is 0 Å². The third kappa shape index (κ3) is 5.26. The van der Waals surface area contributed by atoms with Gasteiger partial charge in [-0.2, -0.15) is 5.10 Å². The number of hydrazine groups is 1. The Morgan fingerprint density at radius 2 is 2.16 bits per heavy atom. The van der Waals surface area contributed by atoms with Crippen LogP contribution in [0.15, 0.2) is 54.4 Å². The molecule has 3 N–H and O–H groups in total. The second-order valence-corrected chi connectivity index (χ2v) is 9.67. The van der Waals surface area contributed by atoms with Crippen molar-refractivity contribution in [1.82, 2.24) is 30.2 Å². The van der Waals surface area contributed by atoms with Gasteiger partial charge in [-0.15, -0.1) is 0 Å². The van der Waals surface area contributed by atoms with Crippen molar-refractivity contribution in [3.63, 3.8) is 0 Å². The van der Waals surface area contributed by atoms with E-state index >= 15 is 0 Å². The summed E-state index contributed by atoms with van der Waals surface area (Å²) in [6.07, 6.45) is 11.7. The SMILES string of the molecule is CC/C(C)=C\C(=C=[NH+]C)c1cccc(Cc2c3c(nn2C)CCc2cnc(NC4C=CN(C)N4)nc2-3)c1. The summed E-state index contributed by atoms with van der Waals surface area (Å²) < 4.78 is 2.02. The monoisotopic (exact) mass is 495 g/mol. The van der Waals surface area contributed by atoms with Crippen molar-refractivity contribution in [3.8, 4) is 11.3 Å². The number of hydrogen-bond donors (Lipinski definition) is 3. The predicted molar refractivity (Wildman–Crippen MR) is 148 cm³/mol. The summed E-state index contributed by atoms with van der Waals surface area (Å²) in [4.78, 5) is 12.6. The van der Waals surface area contributed by atoms with E-state index in [0.29, 0.717) is 5.95 Å². The lowest BCUT2D eigenvalue weighted by Crippen LogP contribution is -2.61. The molecule has 0 fully saturated rings. The average molecular weight is 496 g/mol. The molecule has 0 radical (unpaired) electrons. The van der Waals surface area contributed by atoms with Gasteiger partial charge in [-0.25, -0.2) is 20.4 Å². The van der Waals surface area contributed by atoms with Crippen LogP contribution in [0.5, 0.6) is 0 Å². The van der Waals surface area contributed by atoms with Crippen LogP contribution in [0.2, 0.25) is 0 Å². The molecule has 5 rings (SSSR count). The lowest BCUT2D eigenvalue weighted by atomic mass is 9.91. The standard InChI is InChI=1S/C29H34N8/c1-6-19(2)14-23(17-30-3)21-9-7-8-20(15-21)16-25-27-24(34-37(25)5)11-10-22-18-31-29(33-28(22)27)32-26-12-13-36(4)35-26/h7-9,12-15,18,26,35H,6,10-11,16H2,1-5H3,(H,31,32,33)/p+1/b19-14-. The van der Waals surface area contributed by atoms with Crippen LogP contribution in [0.25, 0.3) is 16.8 Å². The summed E-state index contributed by atoms with van der Waals surface area (Å²) >= 11 is 0. The maximum atomic E-state index is 4.97. The molecule has 1 aliphatic heterocycles. The molecular formula is C29H35N8+. The Hall–Kier alpha value is -4.00. The van der Waals surface area contributed by atoms with Gasteiger partial charge in [0.2, 0.25) is 5.95 Å². The molecule has 0 spiro atoms. The van der Waals surface area contributed by atoms with Crippen molar-refractivity contribution in [1.29, 1.82) is 0 Å². The van der Waals surface area contributed by atoms with Crippen LogP contribution in [0.3, 0.4) is 0 Å². The lowest BCUT2D eigenvalue weighted by Gasteiger charge is -2.19. The lowest BCUT2D eigenvalue weighted by molar-refractivity contribution is -0.410. The van der Waals surface area contributed by atoms with E-state index in [0.717, 1.165) is 53.8 Å². The summed E-state index contributed by atoms with van der Waals surface area (Å²) in [7, 11) is 5.89. The molecular weight excluding hydrogens is 460 g/mol. The van der Waals surface area contributed by atoms with Crippen molar-refractivity contribution >= 4 is 17.4 Å². The number of anilines is 1. The zero-order valence-electron chi connectivity index (χ0n) is 22.3. The highest BCUT2D eigenvalue weighted by molar-refractivity contribution is 5.93. The van der Waals surface area contributed by atoms with Gasteiger partial charge in [0.15, 0.2) is 5.87 Å². The van der Waals surface area contributed by atoms with Gasteiger partial charge in [-0.05, 0) is 61.1 Å². The first-order valence-electron chi connectivity index (χ1n) is 12.9. The summed E-state index contributed by atoms with van der Waals surface area (Å²) in [6.45, 7) is 4.33. The van der Waals surface area contributed by atoms with Gasteiger partial charge < -0.3 is 10.3 Å². The summed E-state index contributed by atoms with van der Waals surface area (Å²) in [5, 5.41) is 10.2. The number of fused-ring (bicyclic) bond motifs is 3. The number of nitrogens with zero attached hydrogens (tertiary/aromatic N) is 5. The Bertz CT molecular complexity index is 1440. The van der Waals surface area contributed by atoms with E-state index in [4.69, 9.17) is 10.1 Å². The highest BCUT2D eigenvalue weighted by Gasteiger charge is 2.27. The minimum Gasteiger partial charge on any atom is -0.334 e. The van der Waals surface area contributed by atoms with Gasteiger partial charge in [0.05, 0.1) is 22.7 Å². The van der Waals surface area contributed by atoms with E-state index in [1.807, 2.05) is 49.3 Å². The third-order valence-electron chi connectivity index (χ3n) is 6.92. The number of nitrogens with one attached hydrogen (secondary N) is 3. The van der Waals surface area contributed by atoms with Gasteiger partial charge in [0.25, 0.3) is 0 Å². The van der Waals surface area contributed by atoms with Crippen molar-refractivity contribution < 1.29 is 4.99 Å². The molecule has 0 saturated carbocycles. The zero-order valence-corrected chi connectivity index (χ0v) is 22.3. The van der Waals surface area contributed by atoms with Gasteiger partial charge in [0, 0.05) is 38.5 Å². The van der Waals surface area contributed by atoms with E-state index in [1.165, 1.54) is 22.4 Å². The molecule has 37 heavy (non-hydrogen) atoms. The van der Waals surface area contributed by atoms with Crippen LogP contribution < -0.4 is 15.7 Å². The Kier molecular flexibility index (Phi) is 7.04. The first kappa shape index (κ1) is 24.7. The molecule has 2 aromatic heterocycles. The van der Waals surface area contributed by atoms with Gasteiger partial charge in [-0.3, -0.25) is 4.68 Å². The minimum atomic E-state index is -0.0377. The van der Waals surface area contributed by atoms with E-state index in [-0.39, 0.29) is 6.17 Å². The van der Waals surface area contributed by atoms with Crippen LogP contribution in [0.1, 0.15) is 48.3 Å². The van der Waals surface area contributed by atoms with E-state index in [1.54, 1.807) is 0 Å². The fourth-order valence-electron chi connectivity index (χ4n) is 4.86. The molecule has 1 aliphatic carbocycles. The first-order chi connectivity index (χ1) is 17.9. The Balaban J connectivity index is 1.49. The number of benzene rings is 1. The van der Waals surface area contributed by atoms with Gasteiger partial charge in [-0.1, -0.05) is 30.7 Å². The fraction of sp³-hybridized carbons (Fsp3) is 0.345. The van der Waals surface area contributed by atoms with Crippen molar-refractivity contribution in [2.45, 2.75) is 45.7 Å². The minimum absolute atomic E-state index is 0.0377. The quantitative estimate of drug-likeness (QED) is 0.345. The summed E-state index contributed by atoms with van der Waals surface area (Å²) in [5.74, 6) is 3.91. The first-order valence-corrected chi connectivity index (χ1v) is 12.9. The molecule has 3 heterocycles. The number of rotatable bonds is 7. The van der Waals surface area contributed by atoms with Crippen molar-refractivity contribution in [2.24, 2.45) is 7.05 Å². The van der Waals surface area contributed by atoms with Crippen molar-refractivity contribution in [2.75, 3.05) is 19.4 Å². The van der Waals surface area contributed by atoms with E-state index in [2.05, 4.69) is 70.8 Å². The third-order valence-corrected chi connectivity index (χ3v) is 6.92. The second-order valence-electron chi connectivity index (χ2n) is 9.67. The number of hydrogen-bond acceptors (Lipinski definition) is 6. The topological polar surface area (TPSA) is 84.9 Å². The Labute approximate surface area is 218 Å². The largest absolute Gasteiger partial charge is 0.334 e. The molecule has 0 amide bonds. The molecule has 1 aromatic carbocycles. The molecule has 0 saturated heterocycles. The number of aryl methyl sites for hydroxylation is 3. The van der Waals surface area contributed by atoms with Crippen molar-refractivity contribution in [3.05, 3.63) is 82.5 Å². The van der Waals surface area contributed by atoms with Crippen LogP contribution in [0.4, 0.5) is 5.95 Å². The molecule has 8 nitrogen and oxygen atoms in total. The maximum Gasteiger partial charge on any atom is 0.224 e. The summed E-state index contributed by atoms with van der Waals surface area (Å²) in [6, 6.07) is 8.70. The predicted octanol–water partition coefficient (Wildman–Crippen LogP) is 2.39. The molecule has 1 atom stereocenters. The molecule has 3 aromatic rings. The van der Waals surface area contributed by atoms with Gasteiger partial charge >= 0.3 is 0 Å². The van der Waals surface area contributed by atoms with Crippen LogP contribution in [-0.2, 0) is 26.3 Å². The molecule has 0 bridgehead atoms. The molecule has 190 valence electrons. The fourth-order valence-corrected chi connectivity index (χ4v) is 4.86. The summed E-state index contributed by atoms with van der Waals surface area (Å²) in [5.41, 5.74) is 13.6. The number of allylic oxidation sites excluding steroid dienone is 3. The Morgan fingerprint density at radius 1 is 1.30 bits per heavy atom. The van der Waals surface area contributed by atoms with Crippen LogP contribution in [-0.4, -0.2) is 50.9 Å². The zero-order chi connectivity index (χ0) is 25.9. The molecule has 8 heteroatoms. The maximum absolute atomic E-state index is 4.97. The van der Waals surface area contributed by atoms with E-state index in [9.17, 15) is 0 Å². The average Bonchev–Trinajstić information content (AvgIpc) is 3.45. The van der Waals surface area contributed by atoms with Gasteiger partial charge in [0.1, 0.15) is 13.2 Å². The smallest absolute Gasteiger partial charge is 0.224 e. The highest BCUT2D eigenvalue weighted by atomic mass is 15.5.